The average Bonchev–Trinajstić information content (AvgIpc) is 2.74. The summed E-state index contributed by atoms with van der Waals surface area (Å²) in [7, 11) is -0.464. The molecule has 0 spiro atoms. The molecule has 1 aromatic carbocycles. The molecule has 1 aliphatic rings. The predicted octanol–water partition coefficient (Wildman–Crippen LogP) is 1.22. The molecular weight excluding hydrogens is 394 g/mol. The molecule has 156 valence electrons. The molecule has 1 fully saturated rings. The number of carbonyl (C=O) groups is 1. The first-order valence-corrected chi connectivity index (χ1v) is 10.9. The Bertz CT molecular complexity index is 1020. The van der Waals surface area contributed by atoms with Gasteiger partial charge >= 0.3 is 0 Å². The monoisotopic (exact) mass is 419 g/mol. The van der Waals surface area contributed by atoms with Gasteiger partial charge in [0, 0.05) is 32.9 Å². The van der Waals surface area contributed by atoms with Gasteiger partial charge in [-0.05, 0) is 55.2 Å². The quantitative estimate of drug-likeness (QED) is 0.759. The Labute approximate surface area is 170 Å². The van der Waals surface area contributed by atoms with Crippen molar-refractivity contribution >= 4 is 15.9 Å². The minimum absolute atomic E-state index is 0.130. The van der Waals surface area contributed by atoms with Crippen LogP contribution in [0.4, 0.5) is 0 Å². The van der Waals surface area contributed by atoms with Gasteiger partial charge in [0.15, 0.2) is 0 Å². The lowest BCUT2D eigenvalue weighted by atomic mass is 9.97. The fourth-order valence-electron chi connectivity index (χ4n) is 3.34. The second kappa shape index (κ2) is 8.79. The Balaban J connectivity index is 1.55. The van der Waals surface area contributed by atoms with E-state index in [0.29, 0.717) is 38.2 Å². The molecule has 8 nitrogen and oxygen atoms in total. The van der Waals surface area contributed by atoms with E-state index in [-0.39, 0.29) is 27.8 Å². The van der Waals surface area contributed by atoms with Gasteiger partial charge in [-0.25, -0.2) is 13.1 Å². The number of methoxy groups -OCH3 is 1. The molecule has 29 heavy (non-hydrogen) atoms. The molecule has 0 radical (unpaired) electrons. The molecule has 2 heterocycles. The summed E-state index contributed by atoms with van der Waals surface area (Å²) >= 11 is 0. The number of nitrogens with zero attached hydrogens (tertiary/aromatic N) is 2. The van der Waals surface area contributed by atoms with E-state index < -0.39 is 10.0 Å². The number of hydrogen-bond donors (Lipinski definition) is 1. The number of aryl methyl sites for hydroxylation is 1. The third-order valence-corrected chi connectivity index (χ3v) is 6.63. The highest BCUT2D eigenvalue weighted by Gasteiger charge is 2.26. The average molecular weight is 420 g/mol. The van der Waals surface area contributed by atoms with Crippen molar-refractivity contribution < 1.29 is 17.9 Å². The van der Waals surface area contributed by atoms with E-state index in [1.54, 1.807) is 42.4 Å². The number of piperidine rings is 1. The number of amides is 1. The minimum Gasteiger partial charge on any atom is -0.497 e. The second-order valence-corrected chi connectivity index (χ2v) is 8.87. The number of sulfonamides is 1. The molecule has 1 N–H and O–H groups in total. The number of pyridine rings is 1. The molecule has 1 aromatic heterocycles. The number of nitrogens with one attached hydrogen (secondary N) is 1. The molecule has 1 saturated heterocycles. The number of rotatable bonds is 6. The Hall–Kier alpha value is -2.65. The van der Waals surface area contributed by atoms with Crippen molar-refractivity contribution in [2.45, 2.75) is 17.7 Å². The van der Waals surface area contributed by atoms with Crippen LogP contribution >= 0.6 is 0 Å². The first-order valence-electron chi connectivity index (χ1n) is 9.40. The van der Waals surface area contributed by atoms with Crippen LogP contribution in [0.15, 0.2) is 52.3 Å². The molecule has 1 amide bonds. The topological polar surface area (TPSA) is 97.7 Å². The maximum Gasteiger partial charge on any atom is 0.263 e. The maximum atomic E-state index is 12.6. The molecule has 1 aliphatic heterocycles. The zero-order valence-corrected chi connectivity index (χ0v) is 17.3. The molecule has 0 bridgehead atoms. The Kier molecular flexibility index (Phi) is 6.39. The highest BCUT2D eigenvalue weighted by molar-refractivity contribution is 7.89. The van der Waals surface area contributed by atoms with Crippen LogP contribution in [0.2, 0.25) is 0 Å². The SMILES string of the molecule is COc1ccc(S(=O)(=O)NCC2CCN(C(=O)c3cccn(C)c3=O)CC2)cc1. The van der Waals surface area contributed by atoms with Crippen LogP contribution in [0, 0.1) is 5.92 Å². The standard InChI is InChI=1S/C20H25N3O5S/c1-22-11-3-4-18(19(22)24)20(25)23-12-9-15(10-13-23)14-21-29(26,27)17-7-5-16(28-2)6-8-17/h3-8,11,15,21H,9-10,12-14H2,1-2H3. The molecule has 2 aromatic rings. The van der Waals surface area contributed by atoms with Crippen LogP contribution in [-0.2, 0) is 17.1 Å². The number of hydrogen-bond acceptors (Lipinski definition) is 5. The van der Waals surface area contributed by atoms with E-state index in [4.69, 9.17) is 4.74 Å². The molecular formula is C20H25N3O5S. The van der Waals surface area contributed by atoms with Gasteiger partial charge in [0.1, 0.15) is 11.3 Å². The zero-order valence-electron chi connectivity index (χ0n) is 16.5. The van der Waals surface area contributed by atoms with Crippen molar-refractivity contribution in [1.82, 2.24) is 14.2 Å². The summed E-state index contributed by atoms with van der Waals surface area (Å²) in [5.41, 5.74) is -0.152. The molecule has 9 heteroatoms. The van der Waals surface area contributed by atoms with Crippen molar-refractivity contribution in [3.05, 3.63) is 58.5 Å². The first kappa shape index (κ1) is 21.1. The van der Waals surface area contributed by atoms with Crippen LogP contribution in [0.25, 0.3) is 0 Å². The largest absolute Gasteiger partial charge is 0.497 e. The smallest absolute Gasteiger partial charge is 0.263 e. The lowest BCUT2D eigenvalue weighted by Crippen LogP contribution is -2.43. The molecule has 0 aliphatic carbocycles. The highest BCUT2D eigenvalue weighted by Crippen LogP contribution is 2.20. The lowest BCUT2D eigenvalue weighted by molar-refractivity contribution is 0.0689. The zero-order chi connectivity index (χ0) is 21.0. The van der Waals surface area contributed by atoms with E-state index in [1.807, 2.05) is 0 Å². The van der Waals surface area contributed by atoms with Gasteiger partial charge in [-0.15, -0.1) is 0 Å². The van der Waals surface area contributed by atoms with Crippen LogP contribution in [0.1, 0.15) is 23.2 Å². The fraction of sp³-hybridized carbons (Fsp3) is 0.400. The first-order chi connectivity index (χ1) is 13.8. The van der Waals surface area contributed by atoms with Gasteiger partial charge < -0.3 is 14.2 Å². The van der Waals surface area contributed by atoms with Crippen molar-refractivity contribution in [1.29, 1.82) is 0 Å². The number of benzene rings is 1. The lowest BCUT2D eigenvalue weighted by Gasteiger charge is -2.32. The van der Waals surface area contributed by atoms with Gasteiger partial charge in [0.2, 0.25) is 10.0 Å². The number of aromatic nitrogens is 1. The van der Waals surface area contributed by atoms with Gasteiger partial charge in [0.05, 0.1) is 12.0 Å². The molecule has 3 rings (SSSR count). The summed E-state index contributed by atoms with van der Waals surface area (Å²) in [6, 6.07) is 9.43. The van der Waals surface area contributed by atoms with Crippen molar-refractivity contribution in [2.24, 2.45) is 13.0 Å². The normalized spacial score (nSPS) is 15.3. The third kappa shape index (κ3) is 4.86. The Morgan fingerprint density at radius 2 is 1.83 bits per heavy atom. The van der Waals surface area contributed by atoms with Crippen LogP contribution in [0.3, 0.4) is 0 Å². The number of ether oxygens (including phenoxy) is 1. The predicted molar refractivity (Wildman–Crippen MR) is 108 cm³/mol. The van der Waals surface area contributed by atoms with E-state index in [9.17, 15) is 18.0 Å². The van der Waals surface area contributed by atoms with Crippen molar-refractivity contribution in [2.75, 3.05) is 26.7 Å². The van der Waals surface area contributed by atoms with Gasteiger partial charge in [-0.2, -0.15) is 0 Å². The van der Waals surface area contributed by atoms with E-state index in [1.165, 1.54) is 23.8 Å². The van der Waals surface area contributed by atoms with E-state index in [0.717, 1.165) is 0 Å². The maximum absolute atomic E-state index is 12.6. The summed E-state index contributed by atoms with van der Waals surface area (Å²) in [5.74, 6) is 0.448. The summed E-state index contributed by atoms with van der Waals surface area (Å²) in [6.07, 6.45) is 2.95. The number of carbonyl (C=O) groups excluding carboxylic acids is 1. The molecule has 0 saturated carbocycles. The van der Waals surface area contributed by atoms with E-state index in [2.05, 4.69) is 4.72 Å². The van der Waals surface area contributed by atoms with Gasteiger partial charge in [-0.1, -0.05) is 0 Å². The summed E-state index contributed by atoms with van der Waals surface area (Å²) in [4.78, 5) is 26.6. The van der Waals surface area contributed by atoms with Crippen LogP contribution in [-0.4, -0.2) is 50.5 Å². The van der Waals surface area contributed by atoms with Crippen LogP contribution < -0.4 is 15.0 Å². The highest BCUT2D eigenvalue weighted by atomic mass is 32.2. The second-order valence-electron chi connectivity index (χ2n) is 7.10. The number of likely N-dealkylation sites (tertiary alicyclic amines) is 1. The Morgan fingerprint density at radius 3 is 2.45 bits per heavy atom. The molecule has 0 unspecified atom stereocenters. The minimum atomic E-state index is -3.60. The van der Waals surface area contributed by atoms with Crippen molar-refractivity contribution in [3.63, 3.8) is 0 Å². The van der Waals surface area contributed by atoms with E-state index >= 15 is 0 Å². The fourth-order valence-corrected chi connectivity index (χ4v) is 4.45. The summed E-state index contributed by atoms with van der Waals surface area (Å²) < 4.78 is 34.0. The molecule has 0 atom stereocenters. The van der Waals surface area contributed by atoms with Crippen LogP contribution in [0.5, 0.6) is 5.75 Å². The van der Waals surface area contributed by atoms with Gasteiger partial charge in [-0.3, -0.25) is 9.59 Å². The third-order valence-electron chi connectivity index (χ3n) is 5.19. The summed E-state index contributed by atoms with van der Waals surface area (Å²) in [5, 5.41) is 0. The van der Waals surface area contributed by atoms with Gasteiger partial charge in [0.25, 0.3) is 11.5 Å². The summed E-state index contributed by atoms with van der Waals surface area (Å²) in [6.45, 7) is 1.29. The van der Waals surface area contributed by atoms with Crippen molar-refractivity contribution in [3.8, 4) is 5.75 Å². The Morgan fingerprint density at radius 1 is 1.17 bits per heavy atom.